The van der Waals surface area contributed by atoms with Gasteiger partial charge in [0.05, 0.1) is 5.25 Å². The van der Waals surface area contributed by atoms with Gasteiger partial charge in [-0.05, 0) is 32.9 Å². The Bertz CT molecular complexity index is 599. The van der Waals surface area contributed by atoms with Crippen molar-refractivity contribution in [3.05, 3.63) is 32.4 Å². The van der Waals surface area contributed by atoms with E-state index >= 15 is 0 Å². The summed E-state index contributed by atoms with van der Waals surface area (Å²) in [5, 5.41) is 7.37. The Labute approximate surface area is 120 Å². The lowest BCUT2D eigenvalue weighted by Gasteiger charge is -2.18. The molecule has 0 saturated heterocycles. The third kappa shape index (κ3) is 3.10. The first-order chi connectivity index (χ1) is 9.02. The maximum atomic E-state index is 11.6. The molecule has 5 nitrogen and oxygen atoms in total. The minimum Gasteiger partial charge on any atom is -0.327 e. The molecule has 2 atom stereocenters. The highest BCUT2D eigenvalue weighted by Gasteiger charge is 2.22. The Morgan fingerprint density at radius 2 is 2.32 bits per heavy atom. The van der Waals surface area contributed by atoms with Crippen molar-refractivity contribution in [2.24, 2.45) is 5.73 Å². The molecule has 2 aromatic heterocycles. The SMILES string of the molecule is CCn1c(SC(c2ccc(C)s2)C(C)N)n[nH]c1=O. The molecule has 0 saturated carbocycles. The number of nitrogens with zero attached hydrogens (tertiary/aromatic N) is 2. The number of aryl methyl sites for hydroxylation is 1. The average Bonchev–Trinajstić information content (AvgIpc) is 2.92. The maximum absolute atomic E-state index is 11.6. The molecule has 0 amide bonds. The summed E-state index contributed by atoms with van der Waals surface area (Å²) in [6.07, 6.45) is 0. The molecular weight excluding hydrogens is 280 g/mol. The standard InChI is InChI=1S/C12H18N4OS2/c1-4-16-11(17)14-15-12(16)19-10(8(3)13)9-6-5-7(2)18-9/h5-6,8,10H,4,13H2,1-3H3,(H,14,17). The Kier molecular flexibility index (Phi) is 4.49. The zero-order valence-corrected chi connectivity index (χ0v) is 12.8. The van der Waals surface area contributed by atoms with Crippen molar-refractivity contribution in [1.29, 1.82) is 0 Å². The molecule has 104 valence electrons. The van der Waals surface area contributed by atoms with Crippen molar-refractivity contribution in [1.82, 2.24) is 14.8 Å². The quantitative estimate of drug-likeness (QED) is 0.829. The van der Waals surface area contributed by atoms with Crippen LogP contribution in [0.4, 0.5) is 0 Å². The van der Waals surface area contributed by atoms with Crippen LogP contribution in [0.1, 0.15) is 28.9 Å². The molecule has 2 aromatic rings. The van der Waals surface area contributed by atoms with Gasteiger partial charge in [0.25, 0.3) is 0 Å². The van der Waals surface area contributed by atoms with E-state index in [1.54, 1.807) is 27.7 Å². The summed E-state index contributed by atoms with van der Waals surface area (Å²) in [7, 11) is 0. The second kappa shape index (κ2) is 5.94. The normalized spacial score (nSPS) is 14.5. The van der Waals surface area contributed by atoms with Crippen LogP contribution in [0.15, 0.2) is 22.1 Å². The van der Waals surface area contributed by atoms with Crippen LogP contribution in [0.25, 0.3) is 0 Å². The number of nitrogens with one attached hydrogen (secondary N) is 1. The zero-order valence-electron chi connectivity index (χ0n) is 11.2. The van der Waals surface area contributed by atoms with E-state index in [-0.39, 0.29) is 17.0 Å². The number of thioether (sulfide) groups is 1. The molecular formula is C12H18N4OS2. The minimum absolute atomic E-state index is 0.0137. The molecule has 0 bridgehead atoms. The molecule has 2 heterocycles. The summed E-state index contributed by atoms with van der Waals surface area (Å²) in [5.74, 6) is 0. The summed E-state index contributed by atoms with van der Waals surface area (Å²) in [4.78, 5) is 14.0. The largest absolute Gasteiger partial charge is 0.343 e. The fraction of sp³-hybridized carbons (Fsp3) is 0.500. The van der Waals surface area contributed by atoms with Gasteiger partial charge >= 0.3 is 5.69 Å². The predicted octanol–water partition coefficient (Wildman–Crippen LogP) is 2.14. The second-order valence-electron chi connectivity index (χ2n) is 4.40. The summed E-state index contributed by atoms with van der Waals surface area (Å²) in [6, 6.07) is 4.18. The van der Waals surface area contributed by atoms with Crippen LogP contribution in [-0.2, 0) is 6.54 Å². The van der Waals surface area contributed by atoms with Crippen LogP contribution in [0.2, 0.25) is 0 Å². The Morgan fingerprint density at radius 1 is 1.58 bits per heavy atom. The van der Waals surface area contributed by atoms with Crippen molar-refractivity contribution >= 4 is 23.1 Å². The van der Waals surface area contributed by atoms with Crippen LogP contribution in [0, 0.1) is 6.92 Å². The highest BCUT2D eigenvalue weighted by Crippen LogP contribution is 2.38. The zero-order chi connectivity index (χ0) is 14.0. The smallest absolute Gasteiger partial charge is 0.327 e. The van der Waals surface area contributed by atoms with E-state index in [1.165, 1.54) is 9.75 Å². The second-order valence-corrected chi connectivity index (χ2v) is 6.83. The minimum atomic E-state index is -0.171. The lowest BCUT2D eigenvalue weighted by molar-refractivity contribution is 0.653. The number of aromatic nitrogens is 3. The van der Waals surface area contributed by atoms with Gasteiger partial charge in [-0.2, -0.15) is 0 Å². The molecule has 2 rings (SSSR count). The van der Waals surface area contributed by atoms with Gasteiger partial charge < -0.3 is 5.73 Å². The van der Waals surface area contributed by atoms with Crippen LogP contribution in [0.5, 0.6) is 0 Å². The van der Waals surface area contributed by atoms with E-state index in [2.05, 4.69) is 29.3 Å². The van der Waals surface area contributed by atoms with E-state index in [0.29, 0.717) is 11.7 Å². The number of hydrogen-bond donors (Lipinski definition) is 2. The number of H-pyrrole nitrogens is 1. The first-order valence-corrected chi connectivity index (χ1v) is 7.86. The fourth-order valence-corrected chi connectivity index (χ4v) is 4.15. The van der Waals surface area contributed by atoms with E-state index < -0.39 is 0 Å². The molecule has 2 unspecified atom stereocenters. The van der Waals surface area contributed by atoms with Crippen LogP contribution >= 0.6 is 23.1 Å². The molecule has 0 fully saturated rings. The van der Waals surface area contributed by atoms with Crippen molar-refractivity contribution in [2.75, 3.05) is 0 Å². The monoisotopic (exact) mass is 298 g/mol. The van der Waals surface area contributed by atoms with Crippen molar-refractivity contribution in [3.63, 3.8) is 0 Å². The van der Waals surface area contributed by atoms with E-state index in [9.17, 15) is 4.79 Å². The van der Waals surface area contributed by atoms with Crippen LogP contribution in [-0.4, -0.2) is 20.8 Å². The molecule has 7 heteroatoms. The summed E-state index contributed by atoms with van der Waals surface area (Å²) in [5.41, 5.74) is 5.91. The number of aromatic amines is 1. The summed E-state index contributed by atoms with van der Waals surface area (Å²) < 4.78 is 1.63. The molecule has 0 aliphatic rings. The maximum Gasteiger partial charge on any atom is 0.343 e. The first kappa shape index (κ1) is 14.4. The number of nitrogens with two attached hydrogens (primary N) is 1. The van der Waals surface area contributed by atoms with Crippen molar-refractivity contribution in [3.8, 4) is 0 Å². The van der Waals surface area contributed by atoms with Gasteiger partial charge in [-0.25, -0.2) is 9.89 Å². The van der Waals surface area contributed by atoms with E-state index in [0.717, 1.165) is 0 Å². The van der Waals surface area contributed by atoms with E-state index in [4.69, 9.17) is 5.73 Å². The molecule has 0 radical (unpaired) electrons. The Hall–Kier alpha value is -1.05. The van der Waals surface area contributed by atoms with E-state index in [1.807, 2.05) is 13.8 Å². The number of thiophene rings is 1. The Balaban J connectivity index is 2.29. The third-order valence-corrected chi connectivity index (χ3v) is 5.48. The average molecular weight is 298 g/mol. The molecule has 0 aromatic carbocycles. The van der Waals surface area contributed by atoms with Gasteiger partial charge in [-0.1, -0.05) is 11.8 Å². The third-order valence-electron chi connectivity index (χ3n) is 2.79. The molecule has 19 heavy (non-hydrogen) atoms. The highest BCUT2D eigenvalue weighted by atomic mass is 32.2. The first-order valence-electron chi connectivity index (χ1n) is 6.16. The topological polar surface area (TPSA) is 76.7 Å². The van der Waals surface area contributed by atoms with Crippen molar-refractivity contribution in [2.45, 2.75) is 43.8 Å². The van der Waals surface area contributed by atoms with Crippen LogP contribution in [0.3, 0.4) is 0 Å². The molecule has 0 aliphatic carbocycles. The number of rotatable bonds is 5. The molecule has 0 spiro atoms. The van der Waals surface area contributed by atoms with Gasteiger partial charge in [0.1, 0.15) is 0 Å². The Morgan fingerprint density at radius 3 is 2.84 bits per heavy atom. The fourth-order valence-electron chi connectivity index (χ4n) is 1.82. The molecule has 0 aliphatic heterocycles. The summed E-state index contributed by atoms with van der Waals surface area (Å²) in [6.45, 7) is 6.59. The van der Waals surface area contributed by atoms with Gasteiger partial charge in [-0.15, -0.1) is 16.4 Å². The van der Waals surface area contributed by atoms with Crippen LogP contribution < -0.4 is 11.4 Å². The summed E-state index contributed by atoms with van der Waals surface area (Å²) >= 11 is 3.28. The lowest BCUT2D eigenvalue weighted by Crippen LogP contribution is -2.23. The van der Waals surface area contributed by atoms with Crippen molar-refractivity contribution < 1.29 is 0 Å². The van der Waals surface area contributed by atoms with Gasteiger partial charge in [-0.3, -0.25) is 4.57 Å². The van der Waals surface area contributed by atoms with Gasteiger partial charge in [0, 0.05) is 22.3 Å². The van der Waals surface area contributed by atoms with Gasteiger partial charge in [0.2, 0.25) is 0 Å². The highest BCUT2D eigenvalue weighted by molar-refractivity contribution is 7.99. The predicted molar refractivity (Wildman–Crippen MR) is 79.8 cm³/mol. The number of hydrogen-bond acceptors (Lipinski definition) is 5. The van der Waals surface area contributed by atoms with Gasteiger partial charge in [0.15, 0.2) is 5.16 Å². The lowest BCUT2D eigenvalue weighted by atomic mass is 10.2. The molecule has 3 N–H and O–H groups in total.